The zero-order valence-electron chi connectivity index (χ0n) is 10.3. The molecule has 0 aliphatic rings. The van der Waals surface area contributed by atoms with E-state index in [4.69, 9.17) is 4.42 Å². The summed E-state index contributed by atoms with van der Waals surface area (Å²) in [6.07, 6.45) is 2.27. The van der Waals surface area contributed by atoms with E-state index >= 15 is 0 Å². The van der Waals surface area contributed by atoms with E-state index in [0.29, 0.717) is 18.9 Å². The summed E-state index contributed by atoms with van der Waals surface area (Å²) in [5, 5.41) is 5.56. The predicted octanol–water partition coefficient (Wildman–Crippen LogP) is 1.62. The first-order valence-corrected chi connectivity index (χ1v) is 5.34. The first-order chi connectivity index (χ1) is 7.37. The Bertz CT molecular complexity index is 352. The van der Waals surface area contributed by atoms with Crippen molar-refractivity contribution < 1.29 is 9.21 Å². The maximum Gasteiger partial charge on any atom is 0.315 e. The maximum absolute atomic E-state index is 11.4. The van der Waals surface area contributed by atoms with Crippen molar-refractivity contribution in [2.45, 2.75) is 39.7 Å². The number of carbonyl (C=O) groups excluding carboxylic acids is 1. The summed E-state index contributed by atoms with van der Waals surface area (Å²) in [6.45, 7) is 8.16. The number of oxazole rings is 1. The van der Waals surface area contributed by atoms with E-state index in [-0.39, 0.29) is 11.6 Å². The van der Waals surface area contributed by atoms with Crippen LogP contribution in [0.1, 0.15) is 32.4 Å². The first-order valence-electron chi connectivity index (χ1n) is 5.34. The molecule has 1 rings (SSSR count). The van der Waals surface area contributed by atoms with Gasteiger partial charge < -0.3 is 15.1 Å². The molecule has 1 heterocycles. The van der Waals surface area contributed by atoms with Crippen LogP contribution in [0.15, 0.2) is 10.6 Å². The first kappa shape index (κ1) is 12.5. The third-order valence-electron chi connectivity index (χ3n) is 1.78. The minimum atomic E-state index is -0.219. The lowest BCUT2D eigenvalue weighted by atomic mass is 10.1. The number of aryl methyl sites for hydroxylation is 1. The van der Waals surface area contributed by atoms with Crippen LogP contribution in [-0.2, 0) is 6.42 Å². The number of hydrogen-bond donors (Lipinski definition) is 2. The van der Waals surface area contributed by atoms with Gasteiger partial charge in [0.1, 0.15) is 5.76 Å². The van der Waals surface area contributed by atoms with E-state index in [1.54, 1.807) is 6.20 Å². The Labute approximate surface area is 95.6 Å². The van der Waals surface area contributed by atoms with Crippen LogP contribution in [0.25, 0.3) is 0 Å². The number of nitrogens with zero attached hydrogens (tertiary/aromatic N) is 1. The van der Waals surface area contributed by atoms with Crippen molar-refractivity contribution in [3.8, 4) is 0 Å². The molecule has 0 saturated carbocycles. The summed E-state index contributed by atoms with van der Waals surface area (Å²) in [5.74, 6) is 1.43. The molecule has 0 aliphatic heterocycles. The third kappa shape index (κ3) is 4.82. The fraction of sp³-hybridized carbons (Fsp3) is 0.636. The number of carbonyl (C=O) groups is 1. The number of urea groups is 1. The quantitative estimate of drug-likeness (QED) is 0.821. The molecule has 0 bridgehead atoms. The summed E-state index contributed by atoms with van der Waals surface area (Å²) in [7, 11) is 0. The Morgan fingerprint density at radius 3 is 2.69 bits per heavy atom. The topological polar surface area (TPSA) is 67.2 Å². The smallest absolute Gasteiger partial charge is 0.315 e. The molecule has 1 aromatic rings. The minimum absolute atomic E-state index is 0.171. The molecule has 5 nitrogen and oxygen atoms in total. The summed E-state index contributed by atoms with van der Waals surface area (Å²) in [5.41, 5.74) is -0.219. The van der Waals surface area contributed by atoms with Crippen LogP contribution in [0.5, 0.6) is 0 Å². The lowest BCUT2D eigenvalue weighted by Gasteiger charge is -2.20. The van der Waals surface area contributed by atoms with Crippen LogP contribution in [0.3, 0.4) is 0 Å². The zero-order chi connectivity index (χ0) is 12.2. The van der Waals surface area contributed by atoms with Crippen LogP contribution < -0.4 is 10.6 Å². The largest absolute Gasteiger partial charge is 0.446 e. The highest BCUT2D eigenvalue weighted by Gasteiger charge is 2.12. The van der Waals surface area contributed by atoms with Gasteiger partial charge in [-0.2, -0.15) is 0 Å². The molecule has 0 aliphatic carbocycles. The number of rotatable bonds is 3. The van der Waals surface area contributed by atoms with Gasteiger partial charge in [0, 0.05) is 18.5 Å². The van der Waals surface area contributed by atoms with Crippen LogP contribution >= 0.6 is 0 Å². The van der Waals surface area contributed by atoms with E-state index in [1.807, 2.05) is 27.7 Å². The van der Waals surface area contributed by atoms with Gasteiger partial charge in [0.25, 0.3) is 0 Å². The molecule has 0 atom stereocenters. The van der Waals surface area contributed by atoms with Crippen molar-refractivity contribution in [1.82, 2.24) is 15.6 Å². The molecule has 5 heteroatoms. The minimum Gasteiger partial charge on any atom is -0.446 e. The molecule has 0 unspecified atom stereocenters. The molecule has 0 radical (unpaired) electrons. The van der Waals surface area contributed by atoms with E-state index in [9.17, 15) is 4.79 Å². The van der Waals surface area contributed by atoms with Gasteiger partial charge >= 0.3 is 6.03 Å². The van der Waals surface area contributed by atoms with Gasteiger partial charge in [-0.25, -0.2) is 9.78 Å². The molecule has 0 fully saturated rings. The van der Waals surface area contributed by atoms with Crippen molar-refractivity contribution >= 4 is 6.03 Å². The fourth-order valence-electron chi connectivity index (χ4n) is 1.18. The van der Waals surface area contributed by atoms with Gasteiger partial charge in [-0.05, 0) is 27.7 Å². The SMILES string of the molecule is Cc1cnc(CCNC(=O)NC(C)(C)C)o1. The molecule has 90 valence electrons. The van der Waals surface area contributed by atoms with E-state index in [0.717, 1.165) is 5.76 Å². The monoisotopic (exact) mass is 225 g/mol. The van der Waals surface area contributed by atoms with Gasteiger partial charge in [0.2, 0.25) is 0 Å². The fourth-order valence-corrected chi connectivity index (χ4v) is 1.18. The highest BCUT2D eigenvalue weighted by atomic mass is 16.4. The van der Waals surface area contributed by atoms with Crippen LogP contribution in [0, 0.1) is 6.92 Å². The summed E-state index contributed by atoms with van der Waals surface area (Å²) in [6, 6.07) is -0.171. The normalized spacial score (nSPS) is 11.2. The van der Waals surface area contributed by atoms with Crippen molar-refractivity contribution in [3.05, 3.63) is 17.8 Å². The van der Waals surface area contributed by atoms with Crippen molar-refractivity contribution in [3.63, 3.8) is 0 Å². The molecular weight excluding hydrogens is 206 g/mol. The maximum atomic E-state index is 11.4. The Hall–Kier alpha value is -1.52. The van der Waals surface area contributed by atoms with Crippen LogP contribution in [0.4, 0.5) is 4.79 Å². The summed E-state index contributed by atoms with van der Waals surface area (Å²) in [4.78, 5) is 15.4. The molecule has 16 heavy (non-hydrogen) atoms. The van der Waals surface area contributed by atoms with Gasteiger partial charge in [-0.1, -0.05) is 0 Å². The van der Waals surface area contributed by atoms with Gasteiger partial charge in [-0.15, -0.1) is 0 Å². The van der Waals surface area contributed by atoms with Gasteiger partial charge in [0.15, 0.2) is 5.89 Å². The van der Waals surface area contributed by atoms with Gasteiger partial charge in [-0.3, -0.25) is 0 Å². The predicted molar refractivity (Wildman–Crippen MR) is 61.2 cm³/mol. The standard InChI is InChI=1S/C11H19N3O2/c1-8-7-13-9(16-8)5-6-12-10(15)14-11(2,3)4/h7H,5-6H2,1-4H3,(H2,12,14,15). The average molecular weight is 225 g/mol. The van der Waals surface area contributed by atoms with Crippen LogP contribution in [0.2, 0.25) is 0 Å². The lowest BCUT2D eigenvalue weighted by molar-refractivity contribution is 0.232. The van der Waals surface area contributed by atoms with Crippen molar-refractivity contribution in [2.75, 3.05) is 6.54 Å². The summed E-state index contributed by atoms with van der Waals surface area (Å²) >= 11 is 0. The molecule has 1 aromatic heterocycles. The summed E-state index contributed by atoms with van der Waals surface area (Å²) < 4.78 is 5.28. The van der Waals surface area contributed by atoms with E-state index in [2.05, 4.69) is 15.6 Å². The second kappa shape index (κ2) is 5.01. The second-order valence-electron chi connectivity index (χ2n) is 4.75. The Morgan fingerprint density at radius 1 is 1.50 bits per heavy atom. The highest BCUT2D eigenvalue weighted by molar-refractivity contribution is 5.74. The Morgan fingerprint density at radius 2 is 2.19 bits per heavy atom. The highest BCUT2D eigenvalue weighted by Crippen LogP contribution is 2.01. The van der Waals surface area contributed by atoms with Crippen molar-refractivity contribution in [2.24, 2.45) is 0 Å². The van der Waals surface area contributed by atoms with Gasteiger partial charge in [0.05, 0.1) is 6.20 Å². The second-order valence-corrected chi connectivity index (χ2v) is 4.75. The molecule has 0 aromatic carbocycles. The molecule has 2 N–H and O–H groups in total. The van der Waals surface area contributed by atoms with E-state index in [1.165, 1.54) is 0 Å². The van der Waals surface area contributed by atoms with Crippen molar-refractivity contribution in [1.29, 1.82) is 0 Å². The number of nitrogens with one attached hydrogen (secondary N) is 2. The molecule has 0 spiro atoms. The zero-order valence-corrected chi connectivity index (χ0v) is 10.3. The molecule has 0 saturated heterocycles. The third-order valence-corrected chi connectivity index (χ3v) is 1.78. The Balaban J connectivity index is 2.23. The lowest BCUT2D eigenvalue weighted by Crippen LogP contribution is -2.46. The van der Waals surface area contributed by atoms with Crippen LogP contribution in [-0.4, -0.2) is 23.1 Å². The molecular formula is C11H19N3O2. The average Bonchev–Trinajstić information content (AvgIpc) is 2.48. The number of aromatic nitrogens is 1. The van der Waals surface area contributed by atoms with E-state index < -0.39 is 0 Å². The Kier molecular flexibility index (Phi) is 3.93. The number of hydrogen-bond acceptors (Lipinski definition) is 3. The molecule has 2 amide bonds. The number of amides is 2.